The molecular weight excluding hydrogens is 226 g/mol. The van der Waals surface area contributed by atoms with Gasteiger partial charge in [0.05, 0.1) is 6.61 Å². The SMILES string of the molecule is CCOc1ccccc1/C=C/C(=O)N1CCCC1. The zero-order valence-corrected chi connectivity index (χ0v) is 10.8. The summed E-state index contributed by atoms with van der Waals surface area (Å²) in [5.74, 6) is 0.921. The normalized spacial score (nSPS) is 15.3. The van der Waals surface area contributed by atoms with Crippen LogP contribution in [0.3, 0.4) is 0 Å². The quantitative estimate of drug-likeness (QED) is 0.763. The van der Waals surface area contributed by atoms with Crippen molar-refractivity contribution >= 4 is 12.0 Å². The number of likely N-dealkylation sites (tertiary alicyclic amines) is 1. The maximum absolute atomic E-state index is 11.9. The Morgan fingerprint density at radius 3 is 2.78 bits per heavy atom. The smallest absolute Gasteiger partial charge is 0.246 e. The Hall–Kier alpha value is -1.77. The number of hydrogen-bond acceptors (Lipinski definition) is 2. The van der Waals surface area contributed by atoms with Crippen LogP contribution in [-0.4, -0.2) is 30.5 Å². The molecule has 1 aliphatic heterocycles. The van der Waals surface area contributed by atoms with Crippen molar-refractivity contribution in [2.75, 3.05) is 19.7 Å². The second-order valence-corrected chi connectivity index (χ2v) is 4.34. The molecule has 0 bridgehead atoms. The van der Waals surface area contributed by atoms with Crippen LogP contribution in [0, 0.1) is 0 Å². The number of rotatable bonds is 4. The van der Waals surface area contributed by atoms with Gasteiger partial charge in [0.25, 0.3) is 0 Å². The van der Waals surface area contributed by atoms with Gasteiger partial charge in [-0.05, 0) is 31.9 Å². The molecule has 0 radical (unpaired) electrons. The molecule has 1 aromatic rings. The van der Waals surface area contributed by atoms with E-state index in [1.54, 1.807) is 6.08 Å². The van der Waals surface area contributed by atoms with Gasteiger partial charge in [0, 0.05) is 24.7 Å². The number of carbonyl (C=O) groups excluding carboxylic acids is 1. The summed E-state index contributed by atoms with van der Waals surface area (Å²) in [5, 5.41) is 0. The molecule has 0 aliphatic carbocycles. The number of carbonyl (C=O) groups is 1. The molecule has 1 fully saturated rings. The molecule has 3 heteroatoms. The highest BCUT2D eigenvalue weighted by atomic mass is 16.5. The molecule has 3 nitrogen and oxygen atoms in total. The molecule has 0 atom stereocenters. The van der Waals surface area contributed by atoms with Crippen molar-refractivity contribution in [2.24, 2.45) is 0 Å². The van der Waals surface area contributed by atoms with Crippen molar-refractivity contribution in [2.45, 2.75) is 19.8 Å². The van der Waals surface area contributed by atoms with E-state index < -0.39 is 0 Å². The van der Waals surface area contributed by atoms with E-state index in [2.05, 4.69) is 0 Å². The first-order valence-electron chi connectivity index (χ1n) is 6.50. The lowest BCUT2D eigenvalue weighted by Crippen LogP contribution is -2.25. The Balaban J connectivity index is 2.05. The molecule has 1 saturated heterocycles. The van der Waals surface area contributed by atoms with E-state index >= 15 is 0 Å². The number of para-hydroxylation sites is 1. The van der Waals surface area contributed by atoms with Crippen molar-refractivity contribution in [3.63, 3.8) is 0 Å². The van der Waals surface area contributed by atoms with Crippen LogP contribution in [0.25, 0.3) is 6.08 Å². The zero-order chi connectivity index (χ0) is 12.8. The highest BCUT2D eigenvalue weighted by molar-refractivity contribution is 5.92. The lowest BCUT2D eigenvalue weighted by Gasteiger charge is -2.12. The predicted molar refractivity (Wildman–Crippen MR) is 72.5 cm³/mol. The number of hydrogen-bond donors (Lipinski definition) is 0. The lowest BCUT2D eigenvalue weighted by atomic mass is 10.2. The van der Waals surface area contributed by atoms with Crippen LogP contribution in [-0.2, 0) is 4.79 Å². The third-order valence-electron chi connectivity index (χ3n) is 3.04. The summed E-state index contributed by atoms with van der Waals surface area (Å²) in [5.41, 5.74) is 0.951. The topological polar surface area (TPSA) is 29.5 Å². The third kappa shape index (κ3) is 3.13. The van der Waals surface area contributed by atoms with Gasteiger partial charge in [-0.25, -0.2) is 0 Å². The van der Waals surface area contributed by atoms with Crippen molar-refractivity contribution in [1.29, 1.82) is 0 Å². The number of amides is 1. The average Bonchev–Trinajstić information content (AvgIpc) is 2.92. The van der Waals surface area contributed by atoms with Gasteiger partial charge in [-0.2, -0.15) is 0 Å². The molecule has 18 heavy (non-hydrogen) atoms. The fourth-order valence-electron chi connectivity index (χ4n) is 2.11. The standard InChI is InChI=1S/C15H19NO2/c1-2-18-14-8-4-3-7-13(14)9-10-15(17)16-11-5-6-12-16/h3-4,7-10H,2,5-6,11-12H2,1H3/b10-9+. The minimum Gasteiger partial charge on any atom is -0.493 e. The number of ether oxygens (including phenoxy) is 1. The van der Waals surface area contributed by atoms with E-state index in [1.165, 1.54) is 0 Å². The summed E-state index contributed by atoms with van der Waals surface area (Å²) in [6, 6.07) is 7.76. The highest BCUT2D eigenvalue weighted by Gasteiger charge is 2.15. The van der Waals surface area contributed by atoms with Gasteiger partial charge < -0.3 is 9.64 Å². The Morgan fingerprint density at radius 1 is 1.33 bits per heavy atom. The zero-order valence-electron chi connectivity index (χ0n) is 10.8. The van der Waals surface area contributed by atoms with Crippen molar-refractivity contribution in [1.82, 2.24) is 4.90 Å². The summed E-state index contributed by atoms with van der Waals surface area (Å²) in [7, 11) is 0. The lowest BCUT2D eigenvalue weighted by molar-refractivity contribution is -0.124. The second kappa shape index (κ2) is 6.24. The van der Waals surface area contributed by atoms with Crippen LogP contribution in [0.2, 0.25) is 0 Å². The van der Waals surface area contributed by atoms with Crippen LogP contribution in [0.4, 0.5) is 0 Å². The van der Waals surface area contributed by atoms with Gasteiger partial charge in [-0.3, -0.25) is 4.79 Å². The molecular formula is C15H19NO2. The molecule has 0 spiro atoms. The number of nitrogens with zero attached hydrogens (tertiary/aromatic N) is 1. The monoisotopic (exact) mass is 245 g/mol. The Labute approximate surface area is 108 Å². The fourth-order valence-corrected chi connectivity index (χ4v) is 2.11. The first-order valence-corrected chi connectivity index (χ1v) is 6.50. The summed E-state index contributed by atoms with van der Waals surface area (Å²) < 4.78 is 5.52. The molecule has 96 valence electrons. The van der Waals surface area contributed by atoms with Crippen LogP contribution in [0.1, 0.15) is 25.3 Å². The maximum atomic E-state index is 11.9. The molecule has 1 aromatic carbocycles. The molecule has 0 N–H and O–H groups in total. The largest absolute Gasteiger partial charge is 0.493 e. The summed E-state index contributed by atoms with van der Waals surface area (Å²) in [4.78, 5) is 13.8. The van der Waals surface area contributed by atoms with Gasteiger partial charge in [0.1, 0.15) is 5.75 Å². The van der Waals surface area contributed by atoms with Gasteiger partial charge in [-0.15, -0.1) is 0 Å². The average molecular weight is 245 g/mol. The highest BCUT2D eigenvalue weighted by Crippen LogP contribution is 2.19. The van der Waals surface area contributed by atoms with Crippen LogP contribution in [0.15, 0.2) is 30.3 Å². The van der Waals surface area contributed by atoms with E-state index in [0.29, 0.717) is 6.61 Å². The van der Waals surface area contributed by atoms with Crippen molar-refractivity contribution < 1.29 is 9.53 Å². The summed E-state index contributed by atoms with van der Waals surface area (Å²) in [6.07, 6.45) is 5.72. The van der Waals surface area contributed by atoms with Crippen molar-refractivity contribution in [3.05, 3.63) is 35.9 Å². The van der Waals surface area contributed by atoms with Crippen molar-refractivity contribution in [3.8, 4) is 5.75 Å². The maximum Gasteiger partial charge on any atom is 0.246 e. The minimum atomic E-state index is 0.0961. The molecule has 1 aliphatic rings. The first kappa shape index (κ1) is 12.7. The fraction of sp³-hybridized carbons (Fsp3) is 0.400. The first-order chi connectivity index (χ1) is 8.81. The van der Waals surface area contributed by atoms with Gasteiger partial charge in [0.15, 0.2) is 0 Å². The van der Waals surface area contributed by atoms with Gasteiger partial charge in [-0.1, -0.05) is 18.2 Å². The Bertz CT molecular complexity index is 434. The number of benzene rings is 1. The molecule has 0 saturated carbocycles. The minimum absolute atomic E-state index is 0.0961. The Kier molecular flexibility index (Phi) is 4.40. The molecule has 0 aromatic heterocycles. The van der Waals surface area contributed by atoms with Crippen LogP contribution in [0.5, 0.6) is 5.75 Å². The van der Waals surface area contributed by atoms with E-state index in [4.69, 9.17) is 4.74 Å². The molecule has 1 heterocycles. The predicted octanol–water partition coefficient (Wildman–Crippen LogP) is 2.72. The van der Waals surface area contributed by atoms with E-state index in [-0.39, 0.29) is 5.91 Å². The summed E-state index contributed by atoms with van der Waals surface area (Å²) in [6.45, 7) is 4.35. The molecule has 2 rings (SSSR count). The van der Waals surface area contributed by atoms with E-state index in [1.807, 2.05) is 42.2 Å². The third-order valence-corrected chi connectivity index (χ3v) is 3.04. The molecule has 0 unspecified atom stereocenters. The van der Waals surface area contributed by atoms with Crippen LogP contribution < -0.4 is 4.74 Å². The van der Waals surface area contributed by atoms with E-state index in [0.717, 1.165) is 37.2 Å². The summed E-state index contributed by atoms with van der Waals surface area (Å²) >= 11 is 0. The Morgan fingerprint density at radius 2 is 2.06 bits per heavy atom. The second-order valence-electron chi connectivity index (χ2n) is 4.34. The molecule has 1 amide bonds. The van der Waals surface area contributed by atoms with Crippen LogP contribution >= 0.6 is 0 Å². The van der Waals surface area contributed by atoms with E-state index in [9.17, 15) is 4.79 Å². The van der Waals surface area contributed by atoms with Gasteiger partial charge in [0.2, 0.25) is 5.91 Å². The van der Waals surface area contributed by atoms with Gasteiger partial charge >= 0.3 is 0 Å².